The number of hydrogen-bond donors (Lipinski definition) is 8. The van der Waals surface area contributed by atoms with E-state index in [9.17, 15) is 33.9 Å². The average Bonchev–Trinajstić information content (AvgIpc) is 3.53. The lowest BCUT2D eigenvalue weighted by molar-refractivity contribution is -0.143. The first kappa shape index (κ1) is 40.9. The van der Waals surface area contributed by atoms with Crippen molar-refractivity contribution in [3.05, 3.63) is 29.8 Å². The summed E-state index contributed by atoms with van der Waals surface area (Å²) in [6.45, 7) is 7.65. The van der Waals surface area contributed by atoms with Crippen LogP contribution in [0.5, 0.6) is 5.75 Å². The van der Waals surface area contributed by atoms with Crippen molar-refractivity contribution in [2.75, 3.05) is 19.6 Å². The SMILES string of the molecule is CC(C)C[C@H](NC(=O)[C@H](CCCCN)NC(=O)[C@@H](N)Cc1ccc(O)cc1)C(=O)N[C@@H](CC(C)C)C(=O)N1CCC[C@H]1C(=O)NCC(=O)O. The molecule has 10 N–H and O–H groups in total. The van der Waals surface area contributed by atoms with Gasteiger partial charge in [0.1, 0.15) is 36.5 Å². The van der Waals surface area contributed by atoms with Crippen molar-refractivity contribution in [3.63, 3.8) is 0 Å². The van der Waals surface area contributed by atoms with Crippen molar-refractivity contribution < 1.29 is 39.0 Å². The van der Waals surface area contributed by atoms with Gasteiger partial charge < -0.3 is 47.8 Å². The van der Waals surface area contributed by atoms with Crippen LogP contribution in [-0.2, 0) is 35.2 Å². The first-order valence-corrected chi connectivity index (χ1v) is 17.1. The molecule has 49 heavy (non-hydrogen) atoms. The normalized spacial score (nSPS) is 16.8. The summed E-state index contributed by atoms with van der Waals surface area (Å²) in [5, 5.41) is 29.1. The molecule has 1 heterocycles. The van der Waals surface area contributed by atoms with Crippen molar-refractivity contribution in [3.8, 4) is 5.75 Å². The molecule has 1 aliphatic heterocycles. The molecule has 2 rings (SSSR count). The van der Waals surface area contributed by atoms with Gasteiger partial charge in [0.25, 0.3) is 0 Å². The summed E-state index contributed by atoms with van der Waals surface area (Å²) in [4.78, 5) is 79.3. The van der Waals surface area contributed by atoms with E-state index in [-0.39, 0.29) is 49.8 Å². The fraction of sp³-hybridized carbons (Fsp3) is 0.647. The fourth-order valence-electron chi connectivity index (χ4n) is 5.74. The van der Waals surface area contributed by atoms with Crippen LogP contribution in [0.4, 0.5) is 0 Å². The molecule has 5 atom stereocenters. The molecular weight excluding hydrogens is 634 g/mol. The number of amides is 5. The van der Waals surface area contributed by atoms with Gasteiger partial charge in [0.15, 0.2) is 0 Å². The second kappa shape index (κ2) is 20.3. The molecule has 0 unspecified atom stereocenters. The summed E-state index contributed by atoms with van der Waals surface area (Å²) >= 11 is 0. The van der Waals surface area contributed by atoms with Crippen LogP contribution in [0.2, 0.25) is 0 Å². The zero-order valence-corrected chi connectivity index (χ0v) is 29.1. The zero-order valence-electron chi connectivity index (χ0n) is 29.1. The summed E-state index contributed by atoms with van der Waals surface area (Å²) in [6.07, 6.45) is 2.99. The van der Waals surface area contributed by atoms with Gasteiger partial charge in [-0.3, -0.25) is 28.8 Å². The monoisotopic (exact) mass is 689 g/mol. The van der Waals surface area contributed by atoms with Gasteiger partial charge in [0.2, 0.25) is 29.5 Å². The molecule has 274 valence electrons. The van der Waals surface area contributed by atoms with Crippen LogP contribution in [0.1, 0.15) is 78.2 Å². The molecule has 0 aromatic heterocycles. The van der Waals surface area contributed by atoms with Crippen LogP contribution in [0.15, 0.2) is 24.3 Å². The van der Waals surface area contributed by atoms with Gasteiger partial charge in [0, 0.05) is 6.54 Å². The van der Waals surface area contributed by atoms with E-state index < -0.39 is 72.3 Å². The van der Waals surface area contributed by atoms with E-state index in [1.807, 2.05) is 27.7 Å². The minimum Gasteiger partial charge on any atom is -0.508 e. The van der Waals surface area contributed by atoms with Gasteiger partial charge in [0.05, 0.1) is 6.04 Å². The maximum atomic E-state index is 13.8. The summed E-state index contributed by atoms with van der Waals surface area (Å²) in [7, 11) is 0. The Morgan fingerprint density at radius 3 is 2.02 bits per heavy atom. The Morgan fingerprint density at radius 1 is 0.857 bits per heavy atom. The summed E-state index contributed by atoms with van der Waals surface area (Å²) in [5.41, 5.74) is 12.5. The van der Waals surface area contributed by atoms with Crippen molar-refractivity contribution in [1.29, 1.82) is 0 Å². The number of aromatic hydroxyl groups is 1. The third-order valence-electron chi connectivity index (χ3n) is 8.22. The first-order valence-electron chi connectivity index (χ1n) is 17.1. The predicted molar refractivity (Wildman–Crippen MR) is 183 cm³/mol. The van der Waals surface area contributed by atoms with Crippen LogP contribution in [0.25, 0.3) is 0 Å². The quantitative estimate of drug-likeness (QED) is 0.0860. The Bertz CT molecular complexity index is 1270. The third kappa shape index (κ3) is 14.0. The van der Waals surface area contributed by atoms with E-state index in [0.717, 1.165) is 5.56 Å². The third-order valence-corrected chi connectivity index (χ3v) is 8.22. The van der Waals surface area contributed by atoms with E-state index in [2.05, 4.69) is 21.3 Å². The van der Waals surface area contributed by atoms with Gasteiger partial charge in [-0.25, -0.2) is 0 Å². The maximum Gasteiger partial charge on any atom is 0.322 e. The molecule has 15 nitrogen and oxygen atoms in total. The van der Waals surface area contributed by atoms with E-state index in [0.29, 0.717) is 32.2 Å². The minimum absolute atomic E-state index is 0.0118. The topological polar surface area (TPSA) is 246 Å². The summed E-state index contributed by atoms with van der Waals surface area (Å²) in [5.74, 6) is -3.90. The highest BCUT2D eigenvalue weighted by Crippen LogP contribution is 2.21. The highest BCUT2D eigenvalue weighted by atomic mass is 16.4. The molecule has 1 aliphatic rings. The van der Waals surface area contributed by atoms with E-state index in [1.54, 1.807) is 12.1 Å². The number of nitrogens with zero attached hydrogens (tertiary/aromatic N) is 1. The number of carbonyl (C=O) groups is 6. The van der Waals surface area contributed by atoms with Crippen LogP contribution in [0, 0.1) is 11.8 Å². The van der Waals surface area contributed by atoms with Crippen molar-refractivity contribution in [2.45, 2.75) is 109 Å². The molecule has 1 saturated heterocycles. The molecule has 5 amide bonds. The van der Waals surface area contributed by atoms with Crippen molar-refractivity contribution in [1.82, 2.24) is 26.2 Å². The number of carboxylic acid groups (broad SMARTS) is 1. The van der Waals surface area contributed by atoms with Crippen molar-refractivity contribution in [2.24, 2.45) is 23.3 Å². The highest BCUT2D eigenvalue weighted by molar-refractivity contribution is 5.96. The molecule has 15 heteroatoms. The van der Waals surface area contributed by atoms with Crippen LogP contribution in [-0.4, -0.2) is 100 Å². The van der Waals surface area contributed by atoms with E-state index in [1.165, 1.54) is 17.0 Å². The van der Waals surface area contributed by atoms with Gasteiger partial charge >= 0.3 is 5.97 Å². The Morgan fingerprint density at radius 2 is 1.43 bits per heavy atom. The number of likely N-dealkylation sites (tertiary alicyclic amines) is 1. The number of unbranched alkanes of at least 4 members (excludes halogenated alkanes) is 1. The van der Waals surface area contributed by atoms with Crippen molar-refractivity contribution >= 4 is 35.5 Å². The molecule has 1 fully saturated rings. The van der Waals surface area contributed by atoms with Crippen LogP contribution in [0.3, 0.4) is 0 Å². The summed E-state index contributed by atoms with van der Waals surface area (Å²) in [6, 6.07) is 1.41. The van der Waals surface area contributed by atoms with E-state index in [4.69, 9.17) is 16.6 Å². The molecule has 0 saturated carbocycles. The number of phenolic OH excluding ortho intramolecular Hbond substituents is 1. The lowest BCUT2D eigenvalue weighted by Gasteiger charge is -2.31. The maximum absolute atomic E-state index is 13.8. The number of carboxylic acids is 1. The number of nitrogens with two attached hydrogens (primary N) is 2. The van der Waals surface area contributed by atoms with Crippen LogP contribution < -0.4 is 32.7 Å². The second-order valence-corrected chi connectivity index (χ2v) is 13.5. The average molecular weight is 690 g/mol. The lowest BCUT2D eigenvalue weighted by atomic mass is 9.99. The Labute approximate surface area is 288 Å². The number of hydrogen-bond acceptors (Lipinski definition) is 9. The number of rotatable bonds is 20. The van der Waals surface area contributed by atoms with Gasteiger partial charge in [-0.2, -0.15) is 0 Å². The molecule has 0 spiro atoms. The Balaban J connectivity index is 2.21. The number of benzene rings is 1. The molecule has 1 aromatic rings. The van der Waals surface area contributed by atoms with E-state index >= 15 is 0 Å². The molecule has 0 aliphatic carbocycles. The zero-order chi connectivity index (χ0) is 36.7. The minimum atomic E-state index is -1.20. The van der Waals surface area contributed by atoms with Crippen LogP contribution >= 0.6 is 0 Å². The Kier molecular flexibility index (Phi) is 17.0. The standard InChI is InChI=1S/C34H55N7O8/c1-20(2)16-26(32(47)40-27(17-21(3)4)34(49)41-15-7-9-28(41)33(48)37-19-29(43)44)39-31(46)25(8-5-6-14-35)38-30(45)24(36)18-22-10-12-23(42)13-11-22/h10-13,20-21,24-28,42H,5-9,14-19,35-36H2,1-4H3,(H,37,48)(H,38,45)(H,39,46)(H,40,47)(H,43,44)/t24-,25-,26-,27-,28-/m0/s1. The predicted octanol–water partition coefficient (Wildman–Crippen LogP) is 0.129. The second-order valence-electron chi connectivity index (χ2n) is 13.5. The smallest absolute Gasteiger partial charge is 0.322 e. The number of phenols is 1. The number of aliphatic carboxylic acids is 1. The summed E-state index contributed by atoms with van der Waals surface area (Å²) < 4.78 is 0. The fourth-order valence-corrected chi connectivity index (χ4v) is 5.74. The largest absolute Gasteiger partial charge is 0.508 e. The molecule has 1 aromatic carbocycles. The van der Waals surface area contributed by atoms with Gasteiger partial charge in [-0.1, -0.05) is 39.8 Å². The van der Waals surface area contributed by atoms with Gasteiger partial charge in [-0.05, 0) is 87.4 Å². The molecule has 0 radical (unpaired) electrons. The lowest BCUT2D eigenvalue weighted by Crippen LogP contribution is -2.59. The Hall–Kier alpha value is -4.24. The molecule has 0 bridgehead atoms. The van der Waals surface area contributed by atoms with Gasteiger partial charge in [-0.15, -0.1) is 0 Å². The number of carbonyl (C=O) groups excluding carboxylic acids is 5. The first-order chi connectivity index (χ1) is 23.1. The number of nitrogens with one attached hydrogen (secondary N) is 4. The highest BCUT2D eigenvalue weighted by Gasteiger charge is 2.39. The molecular formula is C34H55N7O8.